The smallest absolute Gasteiger partial charge is 0.224 e. The van der Waals surface area contributed by atoms with Gasteiger partial charge < -0.3 is 10.6 Å². The van der Waals surface area contributed by atoms with Crippen molar-refractivity contribution in [1.29, 1.82) is 0 Å². The Morgan fingerprint density at radius 2 is 1.71 bits per heavy atom. The molecule has 0 aliphatic carbocycles. The molecule has 0 radical (unpaired) electrons. The number of aromatic nitrogens is 2. The molecule has 4 nitrogen and oxygen atoms in total. The Morgan fingerprint density at radius 1 is 0.917 bits per heavy atom. The number of hydrogen-bond acceptors (Lipinski definition) is 4. The van der Waals surface area contributed by atoms with Crippen molar-refractivity contribution in [2.24, 2.45) is 0 Å². The van der Waals surface area contributed by atoms with Crippen LogP contribution in [0.5, 0.6) is 0 Å². The van der Waals surface area contributed by atoms with Crippen molar-refractivity contribution in [2.75, 3.05) is 10.6 Å². The van der Waals surface area contributed by atoms with Crippen LogP contribution in [0.4, 0.5) is 11.8 Å². The Bertz CT molecular complexity index is 802. The molecule has 122 valence electrons. The van der Waals surface area contributed by atoms with E-state index in [-0.39, 0.29) is 0 Å². The quantitative estimate of drug-likeness (QED) is 0.686. The van der Waals surface area contributed by atoms with E-state index in [0.717, 1.165) is 16.4 Å². The van der Waals surface area contributed by atoms with Gasteiger partial charge >= 0.3 is 0 Å². The summed E-state index contributed by atoms with van der Waals surface area (Å²) < 4.78 is 0. The highest BCUT2D eigenvalue weighted by molar-refractivity contribution is 6.31. The maximum absolute atomic E-state index is 6.17. The lowest BCUT2D eigenvalue weighted by Crippen LogP contribution is -2.07. The first-order chi connectivity index (χ1) is 11.7. The van der Waals surface area contributed by atoms with Crippen LogP contribution in [0.25, 0.3) is 0 Å². The van der Waals surface area contributed by atoms with Crippen LogP contribution in [-0.4, -0.2) is 9.97 Å². The van der Waals surface area contributed by atoms with E-state index in [9.17, 15) is 0 Å². The summed E-state index contributed by atoms with van der Waals surface area (Å²) in [7, 11) is 0. The third kappa shape index (κ3) is 4.46. The van der Waals surface area contributed by atoms with Crippen LogP contribution in [-0.2, 0) is 13.1 Å². The highest BCUT2D eigenvalue weighted by atomic mass is 35.5. The van der Waals surface area contributed by atoms with Gasteiger partial charge in [-0.3, -0.25) is 0 Å². The van der Waals surface area contributed by atoms with E-state index in [1.54, 1.807) is 6.20 Å². The van der Waals surface area contributed by atoms with Crippen molar-refractivity contribution in [1.82, 2.24) is 9.97 Å². The molecule has 3 rings (SSSR count). The van der Waals surface area contributed by atoms with Gasteiger partial charge in [0.25, 0.3) is 0 Å². The lowest BCUT2D eigenvalue weighted by molar-refractivity contribution is 1.03. The van der Waals surface area contributed by atoms with Gasteiger partial charge in [0.2, 0.25) is 5.95 Å². The maximum Gasteiger partial charge on any atom is 0.224 e. The van der Waals surface area contributed by atoms with Crippen LogP contribution in [0.2, 0.25) is 5.02 Å². The first-order valence-electron chi connectivity index (χ1n) is 7.80. The second-order valence-corrected chi connectivity index (χ2v) is 5.96. The predicted molar refractivity (Wildman–Crippen MR) is 99.3 cm³/mol. The van der Waals surface area contributed by atoms with E-state index in [1.165, 1.54) is 11.1 Å². The Hall–Kier alpha value is -2.59. The Morgan fingerprint density at radius 3 is 2.50 bits per heavy atom. The van der Waals surface area contributed by atoms with E-state index in [4.69, 9.17) is 11.6 Å². The second kappa shape index (κ2) is 7.79. The summed E-state index contributed by atoms with van der Waals surface area (Å²) in [5, 5.41) is 7.26. The lowest BCUT2D eigenvalue weighted by Gasteiger charge is -2.09. The summed E-state index contributed by atoms with van der Waals surface area (Å²) in [4.78, 5) is 8.73. The molecule has 5 heteroatoms. The van der Waals surface area contributed by atoms with Crippen LogP contribution in [0, 0.1) is 6.92 Å². The Labute approximate surface area is 146 Å². The molecule has 0 bridgehead atoms. The van der Waals surface area contributed by atoms with Crippen LogP contribution >= 0.6 is 11.6 Å². The molecule has 1 heterocycles. The lowest BCUT2D eigenvalue weighted by atomic mass is 10.1. The molecule has 0 fully saturated rings. The average Bonchev–Trinajstić information content (AvgIpc) is 2.61. The fraction of sp³-hybridized carbons (Fsp3) is 0.158. The average molecular weight is 339 g/mol. The molecule has 0 amide bonds. The number of halogens is 1. The fourth-order valence-electron chi connectivity index (χ4n) is 2.26. The standard InChI is InChI=1S/C19H19ClN4/c1-14-6-8-15(9-7-14)12-23-19-21-11-10-18(24-19)22-13-16-4-2-3-5-17(16)20/h2-11H,12-13H2,1H3,(H2,21,22,23,24). The number of hydrogen-bond donors (Lipinski definition) is 2. The zero-order valence-corrected chi connectivity index (χ0v) is 14.2. The SMILES string of the molecule is Cc1ccc(CNc2nccc(NCc3ccccc3Cl)n2)cc1. The number of nitrogens with zero attached hydrogens (tertiary/aromatic N) is 2. The monoisotopic (exact) mass is 338 g/mol. The van der Waals surface area contributed by atoms with Gasteiger partial charge in [-0.2, -0.15) is 4.98 Å². The van der Waals surface area contributed by atoms with E-state index in [2.05, 4.69) is 51.8 Å². The first kappa shape index (κ1) is 16.3. The maximum atomic E-state index is 6.17. The van der Waals surface area contributed by atoms with Crippen molar-refractivity contribution in [3.63, 3.8) is 0 Å². The summed E-state index contributed by atoms with van der Waals surface area (Å²) in [6.07, 6.45) is 1.74. The number of anilines is 2. The molecule has 3 aromatic rings. The minimum atomic E-state index is 0.597. The zero-order chi connectivity index (χ0) is 16.8. The fourth-order valence-corrected chi connectivity index (χ4v) is 2.46. The normalized spacial score (nSPS) is 10.4. The highest BCUT2D eigenvalue weighted by Crippen LogP contribution is 2.16. The molecule has 0 saturated carbocycles. The van der Waals surface area contributed by atoms with Gasteiger partial charge in [0, 0.05) is 24.3 Å². The minimum Gasteiger partial charge on any atom is -0.366 e. The van der Waals surface area contributed by atoms with Crippen LogP contribution in [0.3, 0.4) is 0 Å². The van der Waals surface area contributed by atoms with Gasteiger partial charge in [0.15, 0.2) is 0 Å². The van der Waals surface area contributed by atoms with Crippen LogP contribution in [0.1, 0.15) is 16.7 Å². The third-order valence-corrected chi connectivity index (χ3v) is 4.01. The van der Waals surface area contributed by atoms with Crippen LogP contribution < -0.4 is 10.6 Å². The summed E-state index contributed by atoms with van der Waals surface area (Å²) in [5.41, 5.74) is 3.48. The molecule has 0 aliphatic rings. The molecule has 2 N–H and O–H groups in total. The van der Waals surface area contributed by atoms with E-state index < -0.39 is 0 Å². The van der Waals surface area contributed by atoms with Crippen molar-refractivity contribution in [3.8, 4) is 0 Å². The van der Waals surface area contributed by atoms with E-state index in [1.807, 2.05) is 30.3 Å². The van der Waals surface area contributed by atoms with Gasteiger partial charge in [-0.05, 0) is 30.2 Å². The summed E-state index contributed by atoms with van der Waals surface area (Å²) in [6.45, 7) is 3.39. The van der Waals surface area contributed by atoms with Crippen molar-refractivity contribution in [3.05, 3.63) is 82.5 Å². The van der Waals surface area contributed by atoms with Gasteiger partial charge in [0.1, 0.15) is 5.82 Å². The summed E-state index contributed by atoms with van der Waals surface area (Å²) in [6, 6.07) is 18.0. The number of aryl methyl sites for hydroxylation is 1. The molecular weight excluding hydrogens is 320 g/mol. The molecule has 0 saturated heterocycles. The topological polar surface area (TPSA) is 49.8 Å². The van der Waals surface area contributed by atoms with Crippen LogP contribution in [0.15, 0.2) is 60.8 Å². The van der Waals surface area contributed by atoms with Crippen molar-refractivity contribution < 1.29 is 0 Å². The molecule has 0 aliphatic heterocycles. The van der Waals surface area contributed by atoms with Crippen molar-refractivity contribution in [2.45, 2.75) is 20.0 Å². The van der Waals surface area contributed by atoms with Gasteiger partial charge in [-0.15, -0.1) is 0 Å². The number of benzene rings is 2. The Kier molecular flexibility index (Phi) is 5.29. The Balaban J connectivity index is 1.59. The van der Waals surface area contributed by atoms with E-state index in [0.29, 0.717) is 19.0 Å². The summed E-state index contributed by atoms with van der Waals surface area (Å²) in [5.74, 6) is 1.36. The van der Waals surface area contributed by atoms with Crippen molar-refractivity contribution >= 4 is 23.4 Å². The molecule has 2 aromatic carbocycles. The highest BCUT2D eigenvalue weighted by Gasteiger charge is 2.02. The van der Waals surface area contributed by atoms with E-state index >= 15 is 0 Å². The predicted octanol–water partition coefficient (Wildman–Crippen LogP) is 4.66. The molecule has 1 aromatic heterocycles. The molecule has 0 atom stereocenters. The molecule has 0 spiro atoms. The molecule has 0 unspecified atom stereocenters. The largest absolute Gasteiger partial charge is 0.366 e. The zero-order valence-electron chi connectivity index (χ0n) is 13.5. The first-order valence-corrected chi connectivity index (χ1v) is 8.18. The van der Waals surface area contributed by atoms with Gasteiger partial charge in [0.05, 0.1) is 0 Å². The molecular formula is C19H19ClN4. The number of rotatable bonds is 6. The summed E-state index contributed by atoms with van der Waals surface area (Å²) >= 11 is 6.17. The minimum absolute atomic E-state index is 0.597. The number of nitrogens with one attached hydrogen (secondary N) is 2. The third-order valence-electron chi connectivity index (χ3n) is 3.64. The van der Waals surface area contributed by atoms with Gasteiger partial charge in [-0.25, -0.2) is 4.98 Å². The molecule has 24 heavy (non-hydrogen) atoms. The van der Waals surface area contributed by atoms with Gasteiger partial charge in [-0.1, -0.05) is 59.6 Å². The second-order valence-electron chi connectivity index (χ2n) is 5.55.